The monoisotopic (exact) mass is 395 g/mol. The van der Waals surface area contributed by atoms with Gasteiger partial charge in [0.25, 0.3) is 0 Å². The van der Waals surface area contributed by atoms with E-state index in [-0.39, 0.29) is 23.8 Å². The van der Waals surface area contributed by atoms with Crippen molar-refractivity contribution in [1.29, 1.82) is 0 Å². The molecule has 0 saturated heterocycles. The van der Waals surface area contributed by atoms with Crippen LogP contribution in [0.1, 0.15) is 16.1 Å². The van der Waals surface area contributed by atoms with Gasteiger partial charge in [-0.25, -0.2) is 9.78 Å². The minimum absolute atomic E-state index is 0.0656. The molecule has 27 heavy (non-hydrogen) atoms. The molecule has 10 heteroatoms. The van der Waals surface area contributed by atoms with Gasteiger partial charge in [-0.1, -0.05) is 6.07 Å². The summed E-state index contributed by atoms with van der Waals surface area (Å²) in [6, 6.07) is 4.31. The molecule has 0 aliphatic carbocycles. The van der Waals surface area contributed by atoms with Gasteiger partial charge in [0.2, 0.25) is 0 Å². The Morgan fingerprint density at radius 3 is 2.81 bits per heavy atom. The van der Waals surface area contributed by atoms with E-state index in [2.05, 4.69) is 14.8 Å². The lowest BCUT2D eigenvalue weighted by atomic mass is 10.2. The van der Waals surface area contributed by atoms with Crippen molar-refractivity contribution in [3.8, 4) is 22.1 Å². The first kappa shape index (κ1) is 18.8. The fourth-order valence-electron chi connectivity index (χ4n) is 2.25. The van der Waals surface area contributed by atoms with Crippen molar-refractivity contribution in [3.05, 3.63) is 47.2 Å². The molecule has 0 atom stereocenters. The summed E-state index contributed by atoms with van der Waals surface area (Å²) < 4.78 is 40.9. The molecule has 0 fully saturated rings. The van der Waals surface area contributed by atoms with Crippen LogP contribution in [0.4, 0.5) is 8.78 Å². The molecular weight excluding hydrogens is 380 g/mol. The highest BCUT2D eigenvalue weighted by Crippen LogP contribution is 2.30. The molecule has 2 heterocycles. The number of hydrogen-bond donors (Lipinski definition) is 0. The van der Waals surface area contributed by atoms with Crippen molar-refractivity contribution in [1.82, 2.24) is 14.8 Å². The zero-order valence-corrected chi connectivity index (χ0v) is 15.2. The number of rotatable bonds is 7. The second kappa shape index (κ2) is 8.12. The molecule has 142 valence electrons. The number of nitrogens with zero attached hydrogens (tertiary/aromatic N) is 3. The molecule has 0 amide bonds. The van der Waals surface area contributed by atoms with Gasteiger partial charge in [-0.3, -0.25) is 4.68 Å². The van der Waals surface area contributed by atoms with E-state index in [9.17, 15) is 13.6 Å². The van der Waals surface area contributed by atoms with Crippen LogP contribution in [0.15, 0.2) is 36.0 Å². The number of esters is 1. The predicted molar refractivity (Wildman–Crippen MR) is 93.1 cm³/mol. The summed E-state index contributed by atoms with van der Waals surface area (Å²) in [7, 11) is 3.12. The first-order valence-corrected chi connectivity index (χ1v) is 8.57. The molecule has 1 aromatic carbocycles. The van der Waals surface area contributed by atoms with Crippen LogP contribution in [-0.4, -0.2) is 34.5 Å². The summed E-state index contributed by atoms with van der Waals surface area (Å²) >= 11 is 1.31. The van der Waals surface area contributed by atoms with Gasteiger partial charge < -0.3 is 14.2 Å². The Hall–Kier alpha value is -3.01. The van der Waals surface area contributed by atoms with Gasteiger partial charge in [0.1, 0.15) is 11.6 Å². The molecule has 0 aliphatic heterocycles. The maximum Gasteiger partial charge on any atom is 0.387 e. The van der Waals surface area contributed by atoms with E-state index in [0.29, 0.717) is 10.6 Å². The zero-order valence-electron chi connectivity index (χ0n) is 14.4. The molecule has 3 aromatic rings. The van der Waals surface area contributed by atoms with E-state index in [1.807, 2.05) is 0 Å². The lowest BCUT2D eigenvalue weighted by Gasteiger charge is -2.11. The van der Waals surface area contributed by atoms with Crippen molar-refractivity contribution >= 4 is 17.3 Å². The van der Waals surface area contributed by atoms with Crippen LogP contribution in [0.5, 0.6) is 11.5 Å². The highest BCUT2D eigenvalue weighted by atomic mass is 32.1. The zero-order chi connectivity index (χ0) is 19.4. The quantitative estimate of drug-likeness (QED) is 0.570. The Morgan fingerprint density at radius 2 is 2.15 bits per heavy atom. The number of carbonyl (C=O) groups is 1. The van der Waals surface area contributed by atoms with E-state index in [1.165, 1.54) is 36.6 Å². The van der Waals surface area contributed by atoms with E-state index in [1.54, 1.807) is 29.5 Å². The number of thiazole rings is 1. The van der Waals surface area contributed by atoms with Gasteiger partial charge >= 0.3 is 12.6 Å². The lowest BCUT2D eigenvalue weighted by Crippen LogP contribution is -2.07. The Balaban J connectivity index is 1.64. The van der Waals surface area contributed by atoms with E-state index < -0.39 is 12.6 Å². The standard InChI is InChI=1S/C17H15F2N3O4S/c1-22-7-11(6-20-22)15-21-12(9-27-15)16(23)25-8-10-3-4-13(26-17(18)19)14(5-10)24-2/h3-7,9,17H,8H2,1-2H3. The largest absolute Gasteiger partial charge is 0.493 e. The number of hydrogen-bond acceptors (Lipinski definition) is 7. The molecule has 2 aromatic heterocycles. The predicted octanol–water partition coefficient (Wildman–Crippen LogP) is 3.51. The first-order valence-electron chi connectivity index (χ1n) is 7.69. The maximum absolute atomic E-state index is 12.3. The van der Waals surface area contributed by atoms with Crippen molar-refractivity contribution in [3.63, 3.8) is 0 Å². The summed E-state index contributed by atoms with van der Waals surface area (Å²) in [5.41, 5.74) is 1.55. The number of benzene rings is 1. The van der Waals surface area contributed by atoms with Crippen molar-refractivity contribution in [2.75, 3.05) is 7.11 Å². The summed E-state index contributed by atoms with van der Waals surface area (Å²) in [5.74, 6) is -0.562. The van der Waals surface area contributed by atoms with E-state index in [0.717, 1.165) is 5.56 Å². The van der Waals surface area contributed by atoms with E-state index in [4.69, 9.17) is 9.47 Å². The van der Waals surface area contributed by atoms with Crippen molar-refractivity contribution < 1.29 is 27.8 Å². The van der Waals surface area contributed by atoms with Crippen molar-refractivity contribution in [2.24, 2.45) is 7.05 Å². The Bertz CT molecular complexity index is 942. The average Bonchev–Trinajstić information content (AvgIpc) is 3.29. The van der Waals surface area contributed by atoms with Crippen LogP contribution in [0.2, 0.25) is 0 Å². The summed E-state index contributed by atoms with van der Waals surface area (Å²) in [5, 5.41) is 6.32. The molecule has 3 rings (SSSR count). The smallest absolute Gasteiger partial charge is 0.387 e. The van der Waals surface area contributed by atoms with E-state index >= 15 is 0 Å². The average molecular weight is 395 g/mol. The van der Waals surface area contributed by atoms with Gasteiger partial charge in [0.05, 0.1) is 13.3 Å². The third kappa shape index (κ3) is 4.59. The van der Waals surface area contributed by atoms with Crippen molar-refractivity contribution in [2.45, 2.75) is 13.2 Å². The Labute approximate surface area is 157 Å². The fraction of sp³-hybridized carbons (Fsp3) is 0.235. The van der Waals surface area contributed by atoms with Crippen LogP contribution in [0, 0.1) is 0 Å². The number of halogens is 2. The molecule has 0 aliphatic rings. The minimum atomic E-state index is -2.96. The van der Waals surface area contributed by atoms with Gasteiger partial charge in [-0.05, 0) is 17.7 Å². The molecular formula is C17H15F2N3O4S. The number of ether oxygens (including phenoxy) is 3. The number of alkyl halides is 2. The van der Waals surface area contributed by atoms with Gasteiger partial charge in [-0.2, -0.15) is 13.9 Å². The third-order valence-electron chi connectivity index (χ3n) is 3.48. The highest BCUT2D eigenvalue weighted by molar-refractivity contribution is 7.13. The molecule has 0 N–H and O–H groups in total. The molecule has 0 bridgehead atoms. The van der Waals surface area contributed by atoms with Crippen LogP contribution in [0.3, 0.4) is 0 Å². The molecule has 0 radical (unpaired) electrons. The summed E-state index contributed by atoms with van der Waals surface area (Å²) in [6.45, 7) is -3.02. The summed E-state index contributed by atoms with van der Waals surface area (Å²) in [4.78, 5) is 16.4. The van der Waals surface area contributed by atoms with Crippen LogP contribution in [-0.2, 0) is 18.4 Å². The fourth-order valence-corrected chi connectivity index (χ4v) is 3.01. The van der Waals surface area contributed by atoms with Crippen LogP contribution in [0.25, 0.3) is 10.6 Å². The number of methoxy groups -OCH3 is 1. The second-order valence-corrected chi connectivity index (χ2v) is 6.24. The highest BCUT2D eigenvalue weighted by Gasteiger charge is 2.15. The molecule has 0 saturated carbocycles. The normalized spacial score (nSPS) is 10.9. The topological polar surface area (TPSA) is 75.5 Å². The number of aryl methyl sites for hydroxylation is 1. The van der Waals surface area contributed by atoms with Crippen LogP contribution >= 0.6 is 11.3 Å². The molecule has 0 spiro atoms. The molecule has 7 nitrogen and oxygen atoms in total. The Kier molecular flexibility index (Phi) is 5.65. The number of aromatic nitrogens is 3. The third-order valence-corrected chi connectivity index (χ3v) is 4.37. The Morgan fingerprint density at radius 1 is 1.33 bits per heavy atom. The van der Waals surface area contributed by atoms with Gasteiger partial charge in [0.15, 0.2) is 17.2 Å². The minimum Gasteiger partial charge on any atom is -0.493 e. The van der Waals surface area contributed by atoms with Gasteiger partial charge in [-0.15, -0.1) is 11.3 Å². The van der Waals surface area contributed by atoms with Crippen LogP contribution < -0.4 is 9.47 Å². The molecule has 0 unspecified atom stereocenters. The maximum atomic E-state index is 12.3. The first-order chi connectivity index (χ1) is 13.0. The SMILES string of the molecule is COc1cc(COC(=O)c2csc(-c3cnn(C)c3)n2)ccc1OC(F)F. The lowest BCUT2D eigenvalue weighted by molar-refractivity contribution is -0.0512. The van der Waals surface area contributed by atoms with Gasteiger partial charge in [0, 0.05) is 24.2 Å². The summed E-state index contributed by atoms with van der Waals surface area (Å²) in [6.07, 6.45) is 3.45. The second-order valence-electron chi connectivity index (χ2n) is 5.38. The number of carbonyl (C=O) groups excluding carboxylic acids is 1.